The van der Waals surface area contributed by atoms with Gasteiger partial charge >= 0.3 is 0 Å². The Labute approximate surface area is 44.6 Å². The molecule has 0 aliphatic carbocycles. The Morgan fingerprint density at radius 2 is 1.40 bits per heavy atom. The van der Waals surface area contributed by atoms with Crippen LogP contribution in [0.4, 0.5) is 0 Å². The van der Waals surface area contributed by atoms with Crippen molar-refractivity contribution >= 4 is 18.9 Å². The first kappa shape index (κ1) is 9.12. The summed E-state index contributed by atoms with van der Waals surface area (Å²) in [4.78, 5) is 0. The molecule has 0 aliphatic rings. The van der Waals surface area contributed by atoms with Crippen LogP contribution in [0.25, 0.3) is 0 Å². The number of aliphatic hydroxyl groups excluding tert-OH is 1. The normalized spacial score (nSPS) is 7.20. The molecular weight excluding hydrogens is 59.0 g/mol. The van der Waals surface area contributed by atoms with E-state index in [9.17, 15) is 0 Å². The second-order valence-electron chi connectivity index (χ2n) is 1.09. The van der Waals surface area contributed by atoms with Gasteiger partial charge in [0.25, 0.3) is 0 Å². The zero-order valence-electron chi connectivity index (χ0n) is 4.02. The average Bonchev–Trinajstić information content (AvgIpc) is 0.811. The predicted molar refractivity (Wildman–Crippen MR) is 23.1 cm³/mol. The van der Waals surface area contributed by atoms with Crippen LogP contribution in [-0.4, -0.2) is 30.1 Å². The standard InChI is InChI=1S/C3H8O.Li/c1-3(2)4;/h3-4H,1-2H3;. The molecule has 0 aliphatic heterocycles. The molecule has 0 unspecified atom stereocenters. The number of hydrogen-bond acceptors (Lipinski definition) is 1. The second-order valence-corrected chi connectivity index (χ2v) is 1.09. The van der Waals surface area contributed by atoms with Crippen molar-refractivity contribution in [1.82, 2.24) is 0 Å². The molecule has 1 N–H and O–H groups in total. The van der Waals surface area contributed by atoms with Gasteiger partial charge in [-0.1, -0.05) is 0 Å². The number of aliphatic hydroxyl groups is 1. The minimum atomic E-state index is -0.167. The van der Waals surface area contributed by atoms with Gasteiger partial charge in [0.2, 0.25) is 0 Å². The Kier molecular flexibility index (Phi) is 8.31. The van der Waals surface area contributed by atoms with Gasteiger partial charge in [0.15, 0.2) is 0 Å². The quantitative estimate of drug-likeness (QED) is 0.395. The van der Waals surface area contributed by atoms with E-state index < -0.39 is 0 Å². The molecule has 0 atom stereocenters. The fourth-order valence-electron chi connectivity index (χ4n) is 0. The van der Waals surface area contributed by atoms with Gasteiger partial charge in [-0.3, -0.25) is 0 Å². The van der Waals surface area contributed by atoms with Crippen molar-refractivity contribution in [2.45, 2.75) is 20.0 Å². The summed E-state index contributed by atoms with van der Waals surface area (Å²) in [6.45, 7) is 3.44. The monoisotopic (exact) mass is 67.1 g/mol. The third-order valence-electron chi connectivity index (χ3n) is 0. The average molecular weight is 67.0 g/mol. The smallest absolute Gasteiger partial charge is 0.0483 e. The first-order valence-corrected chi connectivity index (χ1v) is 1.41. The van der Waals surface area contributed by atoms with Crippen LogP contribution in [0.5, 0.6) is 0 Å². The largest absolute Gasteiger partial charge is 0.394 e. The van der Waals surface area contributed by atoms with Crippen molar-refractivity contribution in [2.24, 2.45) is 0 Å². The summed E-state index contributed by atoms with van der Waals surface area (Å²) in [5, 5.41) is 8.06. The van der Waals surface area contributed by atoms with E-state index in [0.717, 1.165) is 0 Å². The Morgan fingerprint density at radius 3 is 1.40 bits per heavy atom. The topological polar surface area (TPSA) is 20.2 Å². The molecule has 2 heteroatoms. The predicted octanol–water partition coefficient (Wildman–Crippen LogP) is 0.00630. The summed E-state index contributed by atoms with van der Waals surface area (Å²) in [6, 6.07) is 0. The van der Waals surface area contributed by atoms with Crippen molar-refractivity contribution in [3.8, 4) is 0 Å². The van der Waals surface area contributed by atoms with E-state index in [1.54, 1.807) is 13.8 Å². The van der Waals surface area contributed by atoms with Gasteiger partial charge in [-0.15, -0.1) is 0 Å². The summed E-state index contributed by atoms with van der Waals surface area (Å²) in [5.74, 6) is 0. The molecule has 0 rings (SSSR count). The summed E-state index contributed by atoms with van der Waals surface area (Å²) in [5.41, 5.74) is 0. The number of rotatable bonds is 0. The van der Waals surface area contributed by atoms with E-state index in [1.807, 2.05) is 0 Å². The Morgan fingerprint density at radius 1 is 1.40 bits per heavy atom. The van der Waals surface area contributed by atoms with Gasteiger partial charge < -0.3 is 5.11 Å². The van der Waals surface area contributed by atoms with E-state index in [0.29, 0.717) is 0 Å². The molecule has 0 aromatic carbocycles. The van der Waals surface area contributed by atoms with Crippen molar-refractivity contribution in [2.75, 3.05) is 0 Å². The van der Waals surface area contributed by atoms with E-state index >= 15 is 0 Å². The van der Waals surface area contributed by atoms with Crippen LogP contribution in [0.3, 0.4) is 0 Å². The molecule has 0 aromatic heterocycles. The summed E-state index contributed by atoms with van der Waals surface area (Å²) in [7, 11) is 0. The summed E-state index contributed by atoms with van der Waals surface area (Å²) in [6.07, 6.45) is -0.167. The second kappa shape index (κ2) is 4.56. The third-order valence-corrected chi connectivity index (χ3v) is 0. The van der Waals surface area contributed by atoms with Gasteiger partial charge in [-0.05, 0) is 13.8 Å². The Bertz CT molecular complexity index is 11.6. The maximum Gasteiger partial charge on any atom is 0.0483 e. The fraction of sp³-hybridized carbons (Fsp3) is 1.00. The Hall–Kier alpha value is 0.557. The molecule has 0 saturated heterocycles. The van der Waals surface area contributed by atoms with Crippen molar-refractivity contribution in [3.05, 3.63) is 0 Å². The molecule has 1 nitrogen and oxygen atoms in total. The van der Waals surface area contributed by atoms with Gasteiger partial charge in [0, 0.05) is 25.0 Å². The van der Waals surface area contributed by atoms with Crippen LogP contribution in [0, 0.1) is 0 Å². The summed E-state index contributed by atoms with van der Waals surface area (Å²) >= 11 is 0. The van der Waals surface area contributed by atoms with Crippen LogP contribution in [0.1, 0.15) is 13.8 Å². The molecule has 0 fully saturated rings. The van der Waals surface area contributed by atoms with Gasteiger partial charge in [0.05, 0.1) is 0 Å². The zero-order chi connectivity index (χ0) is 3.58. The van der Waals surface area contributed by atoms with E-state index in [4.69, 9.17) is 5.11 Å². The summed E-state index contributed by atoms with van der Waals surface area (Å²) < 4.78 is 0. The van der Waals surface area contributed by atoms with Crippen molar-refractivity contribution in [3.63, 3.8) is 0 Å². The molecule has 0 spiro atoms. The van der Waals surface area contributed by atoms with Crippen LogP contribution < -0.4 is 0 Å². The van der Waals surface area contributed by atoms with Gasteiger partial charge in [-0.2, -0.15) is 0 Å². The minimum absolute atomic E-state index is 0. The van der Waals surface area contributed by atoms with Crippen LogP contribution in [-0.2, 0) is 0 Å². The molecule has 0 amide bonds. The van der Waals surface area contributed by atoms with E-state index in [2.05, 4.69) is 0 Å². The van der Waals surface area contributed by atoms with Crippen LogP contribution in [0.15, 0.2) is 0 Å². The van der Waals surface area contributed by atoms with E-state index in [1.165, 1.54) is 0 Å². The van der Waals surface area contributed by atoms with Crippen LogP contribution in [0.2, 0.25) is 0 Å². The molecule has 0 aromatic rings. The van der Waals surface area contributed by atoms with Crippen LogP contribution >= 0.6 is 0 Å². The number of hydrogen-bond donors (Lipinski definition) is 1. The molecule has 5 heavy (non-hydrogen) atoms. The minimum Gasteiger partial charge on any atom is -0.394 e. The fourth-order valence-corrected chi connectivity index (χ4v) is 0. The Balaban J connectivity index is 0. The molecular formula is C3H8LiO. The maximum atomic E-state index is 8.06. The molecule has 0 saturated carbocycles. The first-order valence-electron chi connectivity index (χ1n) is 1.41. The van der Waals surface area contributed by atoms with Gasteiger partial charge in [-0.25, -0.2) is 0 Å². The van der Waals surface area contributed by atoms with Crippen molar-refractivity contribution in [1.29, 1.82) is 0 Å². The van der Waals surface area contributed by atoms with E-state index in [-0.39, 0.29) is 25.0 Å². The maximum absolute atomic E-state index is 8.06. The SMILES string of the molecule is CC(C)O.[Li]. The molecule has 27 valence electrons. The molecule has 1 radical (unpaired) electrons. The van der Waals surface area contributed by atoms with Crippen molar-refractivity contribution < 1.29 is 5.11 Å². The van der Waals surface area contributed by atoms with Gasteiger partial charge in [0.1, 0.15) is 0 Å². The third kappa shape index (κ3) is 95.9. The molecule has 0 heterocycles. The zero-order valence-corrected chi connectivity index (χ0v) is 4.02. The first-order chi connectivity index (χ1) is 1.73. The molecule has 0 bridgehead atoms.